The fourth-order valence-corrected chi connectivity index (χ4v) is 4.82. The van der Waals surface area contributed by atoms with E-state index in [-0.39, 0.29) is 15.5 Å². The number of ether oxygens (including phenoxy) is 2. The number of para-hydroxylation sites is 1. The van der Waals surface area contributed by atoms with Crippen molar-refractivity contribution in [3.63, 3.8) is 0 Å². The zero-order chi connectivity index (χ0) is 21.0. The predicted molar refractivity (Wildman–Crippen MR) is 114 cm³/mol. The highest BCUT2D eigenvalue weighted by atomic mass is 32.2. The van der Waals surface area contributed by atoms with Gasteiger partial charge in [0.15, 0.2) is 11.5 Å². The van der Waals surface area contributed by atoms with Gasteiger partial charge in [-0.05, 0) is 47.3 Å². The quantitative estimate of drug-likeness (QED) is 0.450. The van der Waals surface area contributed by atoms with Crippen molar-refractivity contribution >= 4 is 39.2 Å². The lowest BCUT2D eigenvalue weighted by Crippen LogP contribution is -2.21. The average Bonchev–Trinajstić information content (AvgIpc) is 3.30. The van der Waals surface area contributed by atoms with Crippen LogP contribution in [0.4, 0.5) is 5.69 Å². The summed E-state index contributed by atoms with van der Waals surface area (Å²) in [7, 11) is -3.77. The first kappa shape index (κ1) is 19.9. The molecule has 2 aromatic carbocycles. The first-order valence-corrected chi connectivity index (χ1v) is 11.3. The highest BCUT2D eigenvalue weighted by molar-refractivity contribution is 7.94. The summed E-state index contributed by atoms with van der Waals surface area (Å²) >= 11 is 1.09. The van der Waals surface area contributed by atoms with Crippen molar-refractivity contribution < 1.29 is 22.7 Å². The van der Waals surface area contributed by atoms with Crippen LogP contribution in [0.15, 0.2) is 69.3 Å². The van der Waals surface area contributed by atoms with Gasteiger partial charge >= 0.3 is 0 Å². The lowest BCUT2D eigenvalue weighted by atomic mass is 10.2. The third-order valence-corrected chi connectivity index (χ3v) is 6.88. The van der Waals surface area contributed by atoms with Crippen LogP contribution in [0.5, 0.6) is 11.5 Å². The Morgan fingerprint density at radius 1 is 1.03 bits per heavy atom. The number of carbonyl (C=O) groups is 1. The van der Waals surface area contributed by atoms with Gasteiger partial charge in [-0.15, -0.1) is 11.3 Å². The van der Waals surface area contributed by atoms with Gasteiger partial charge in [0.2, 0.25) is 0 Å². The Morgan fingerprint density at radius 2 is 1.83 bits per heavy atom. The molecule has 10 heteroatoms. The van der Waals surface area contributed by atoms with E-state index >= 15 is 0 Å². The second-order valence-electron chi connectivity index (χ2n) is 6.19. The van der Waals surface area contributed by atoms with Crippen molar-refractivity contribution in [1.82, 2.24) is 5.43 Å². The molecule has 0 radical (unpaired) electrons. The number of fused-ring (bicyclic) bond motifs is 1. The van der Waals surface area contributed by atoms with Gasteiger partial charge in [0.1, 0.15) is 17.4 Å². The molecule has 0 unspecified atom stereocenters. The van der Waals surface area contributed by atoms with E-state index in [0.717, 1.165) is 11.3 Å². The van der Waals surface area contributed by atoms with E-state index in [4.69, 9.17) is 9.47 Å². The maximum absolute atomic E-state index is 12.6. The van der Waals surface area contributed by atoms with Crippen LogP contribution in [0, 0.1) is 0 Å². The van der Waals surface area contributed by atoms with E-state index in [1.54, 1.807) is 41.8 Å². The molecule has 3 aromatic rings. The van der Waals surface area contributed by atoms with Crippen molar-refractivity contribution in [2.24, 2.45) is 5.10 Å². The number of anilines is 1. The maximum Gasteiger partial charge on any atom is 0.273 e. The number of hydrazone groups is 1. The largest absolute Gasteiger partial charge is 0.486 e. The number of amides is 1. The van der Waals surface area contributed by atoms with Crippen molar-refractivity contribution in [3.8, 4) is 11.5 Å². The third kappa shape index (κ3) is 4.44. The number of sulfonamides is 1. The molecule has 0 saturated heterocycles. The van der Waals surface area contributed by atoms with Gasteiger partial charge in [-0.1, -0.05) is 18.2 Å². The molecule has 30 heavy (non-hydrogen) atoms. The first-order chi connectivity index (χ1) is 14.5. The SMILES string of the molecule is O=C(NN=Cc1ccc2c(c1)OCCO2)c1ccccc1NS(=O)(=O)c1cccs1. The Labute approximate surface area is 177 Å². The summed E-state index contributed by atoms with van der Waals surface area (Å²) in [5.74, 6) is 0.729. The Balaban J connectivity index is 1.47. The Hall–Kier alpha value is -3.37. The molecular weight excluding hydrogens is 426 g/mol. The minimum Gasteiger partial charge on any atom is -0.486 e. The van der Waals surface area contributed by atoms with Gasteiger partial charge in [0.05, 0.1) is 17.5 Å². The molecule has 1 aromatic heterocycles. The zero-order valence-electron chi connectivity index (χ0n) is 15.6. The zero-order valence-corrected chi connectivity index (χ0v) is 17.2. The van der Waals surface area contributed by atoms with Crippen molar-refractivity contribution in [2.45, 2.75) is 4.21 Å². The van der Waals surface area contributed by atoms with E-state index in [1.807, 2.05) is 0 Å². The molecule has 0 spiro atoms. The normalized spacial score (nSPS) is 13.2. The lowest BCUT2D eigenvalue weighted by Gasteiger charge is -2.18. The van der Waals surface area contributed by atoms with E-state index < -0.39 is 15.9 Å². The molecule has 1 amide bonds. The van der Waals surface area contributed by atoms with Gasteiger partial charge < -0.3 is 9.47 Å². The van der Waals surface area contributed by atoms with E-state index in [2.05, 4.69) is 15.2 Å². The Morgan fingerprint density at radius 3 is 2.63 bits per heavy atom. The summed E-state index contributed by atoms with van der Waals surface area (Å²) < 4.78 is 38.5. The summed E-state index contributed by atoms with van der Waals surface area (Å²) in [5.41, 5.74) is 3.44. The van der Waals surface area contributed by atoms with Gasteiger partial charge in [0, 0.05) is 0 Å². The molecule has 4 rings (SSSR count). The minimum absolute atomic E-state index is 0.150. The highest BCUT2D eigenvalue weighted by Gasteiger charge is 2.19. The monoisotopic (exact) mass is 443 g/mol. The molecule has 8 nitrogen and oxygen atoms in total. The van der Waals surface area contributed by atoms with Crippen LogP contribution < -0.4 is 19.6 Å². The molecule has 2 N–H and O–H groups in total. The summed E-state index contributed by atoms with van der Waals surface area (Å²) in [6.45, 7) is 0.981. The van der Waals surface area contributed by atoms with Crippen LogP contribution in [0.1, 0.15) is 15.9 Å². The Bertz CT molecular complexity index is 1190. The number of thiophene rings is 1. The van der Waals surface area contributed by atoms with Crippen molar-refractivity contribution in [1.29, 1.82) is 0 Å². The minimum atomic E-state index is -3.77. The topological polar surface area (TPSA) is 106 Å². The number of rotatable bonds is 6. The van der Waals surface area contributed by atoms with E-state index in [0.29, 0.717) is 30.3 Å². The van der Waals surface area contributed by atoms with Crippen LogP contribution in [-0.2, 0) is 10.0 Å². The molecule has 1 aliphatic rings. The molecule has 0 fully saturated rings. The van der Waals surface area contributed by atoms with Gasteiger partial charge in [-0.25, -0.2) is 13.8 Å². The number of nitrogens with zero attached hydrogens (tertiary/aromatic N) is 1. The van der Waals surface area contributed by atoms with Crippen LogP contribution in [0.25, 0.3) is 0 Å². The molecule has 0 atom stereocenters. The van der Waals surface area contributed by atoms with Crippen molar-refractivity contribution in [2.75, 3.05) is 17.9 Å². The molecule has 0 aliphatic carbocycles. The summed E-state index contributed by atoms with van der Waals surface area (Å²) in [6.07, 6.45) is 1.47. The first-order valence-electron chi connectivity index (χ1n) is 8.91. The smallest absolute Gasteiger partial charge is 0.273 e. The summed E-state index contributed by atoms with van der Waals surface area (Å²) in [5, 5.41) is 5.62. The van der Waals surface area contributed by atoms with E-state index in [1.165, 1.54) is 24.4 Å². The summed E-state index contributed by atoms with van der Waals surface area (Å²) in [6, 6.07) is 14.8. The Kier molecular flexibility index (Phi) is 5.68. The molecule has 154 valence electrons. The maximum atomic E-state index is 12.6. The van der Waals surface area contributed by atoms with Crippen LogP contribution >= 0.6 is 11.3 Å². The fourth-order valence-electron chi connectivity index (χ4n) is 2.75. The number of carbonyl (C=O) groups excluding carboxylic acids is 1. The number of hydrogen-bond acceptors (Lipinski definition) is 7. The van der Waals surface area contributed by atoms with Gasteiger partial charge in [-0.3, -0.25) is 9.52 Å². The number of benzene rings is 2. The standard InChI is InChI=1S/C20H17N3O5S2/c24-20(22-21-13-14-7-8-17-18(12-14)28-10-9-27-17)15-4-1-2-5-16(15)23-30(25,26)19-6-3-11-29-19/h1-8,11-13,23H,9-10H2,(H,22,24). The molecule has 1 aliphatic heterocycles. The molecule has 2 heterocycles. The number of nitrogens with one attached hydrogen (secondary N) is 2. The van der Waals surface area contributed by atoms with Gasteiger partial charge in [-0.2, -0.15) is 5.10 Å². The van der Waals surface area contributed by atoms with Crippen LogP contribution in [0.3, 0.4) is 0 Å². The van der Waals surface area contributed by atoms with E-state index in [9.17, 15) is 13.2 Å². The second kappa shape index (κ2) is 8.56. The average molecular weight is 444 g/mol. The summed E-state index contributed by atoms with van der Waals surface area (Å²) in [4.78, 5) is 12.6. The molecular formula is C20H17N3O5S2. The fraction of sp³-hybridized carbons (Fsp3) is 0.100. The predicted octanol–water partition coefficient (Wildman–Crippen LogP) is 3.08. The molecule has 0 saturated carbocycles. The number of hydrogen-bond donors (Lipinski definition) is 2. The highest BCUT2D eigenvalue weighted by Crippen LogP contribution is 2.30. The van der Waals surface area contributed by atoms with Gasteiger partial charge in [0.25, 0.3) is 15.9 Å². The third-order valence-electron chi connectivity index (χ3n) is 4.12. The van der Waals surface area contributed by atoms with Crippen LogP contribution in [0.2, 0.25) is 0 Å². The van der Waals surface area contributed by atoms with Crippen molar-refractivity contribution in [3.05, 3.63) is 71.1 Å². The second-order valence-corrected chi connectivity index (χ2v) is 9.04. The van der Waals surface area contributed by atoms with Crippen LogP contribution in [-0.4, -0.2) is 33.8 Å². The molecule has 0 bridgehead atoms. The lowest BCUT2D eigenvalue weighted by molar-refractivity contribution is 0.0956.